The van der Waals surface area contributed by atoms with E-state index >= 15 is 0 Å². The molecule has 1 aromatic carbocycles. The van der Waals surface area contributed by atoms with Crippen LogP contribution in [0.25, 0.3) is 0 Å². The summed E-state index contributed by atoms with van der Waals surface area (Å²) in [7, 11) is 0. The SMILES string of the molecule is O=C(O)CC1(c2ccc(C3CC3)c(Br)c2)CC1. The number of rotatable bonds is 4. The average molecular weight is 295 g/mol. The van der Waals surface area contributed by atoms with Gasteiger partial charge in [-0.25, -0.2) is 0 Å². The molecule has 0 aliphatic heterocycles. The largest absolute Gasteiger partial charge is 0.481 e. The zero-order chi connectivity index (χ0) is 12.0. The maximum absolute atomic E-state index is 10.9. The number of halogens is 1. The molecule has 3 heteroatoms. The van der Waals surface area contributed by atoms with E-state index < -0.39 is 5.97 Å². The summed E-state index contributed by atoms with van der Waals surface area (Å²) < 4.78 is 1.16. The minimum Gasteiger partial charge on any atom is -0.481 e. The summed E-state index contributed by atoms with van der Waals surface area (Å²) >= 11 is 3.63. The Labute approximate surface area is 109 Å². The molecule has 3 rings (SSSR count). The molecular weight excluding hydrogens is 280 g/mol. The molecule has 0 bridgehead atoms. The molecule has 0 saturated heterocycles. The van der Waals surface area contributed by atoms with Gasteiger partial charge in [-0.2, -0.15) is 0 Å². The second kappa shape index (κ2) is 3.84. The van der Waals surface area contributed by atoms with Crippen molar-refractivity contribution in [2.75, 3.05) is 0 Å². The summed E-state index contributed by atoms with van der Waals surface area (Å²) in [6, 6.07) is 6.46. The van der Waals surface area contributed by atoms with Crippen molar-refractivity contribution in [3.8, 4) is 0 Å². The Morgan fingerprint density at radius 2 is 2.12 bits per heavy atom. The van der Waals surface area contributed by atoms with E-state index in [0.29, 0.717) is 0 Å². The fourth-order valence-corrected chi connectivity index (χ4v) is 3.29. The molecule has 1 aromatic rings. The first kappa shape index (κ1) is 11.3. The third-order valence-electron chi connectivity index (χ3n) is 3.97. The summed E-state index contributed by atoms with van der Waals surface area (Å²) in [4.78, 5) is 10.9. The van der Waals surface area contributed by atoms with Crippen LogP contribution in [0.15, 0.2) is 22.7 Å². The van der Waals surface area contributed by atoms with Gasteiger partial charge in [0.1, 0.15) is 0 Å². The Balaban J connectivity index is 1.88. The van der Waals surface area contributed by atoms with Gasteiger partial charge in [-0.05, 0) is 48.8 Å². The second-order valence-corrected chi connectivity index (χ2v) is 6.22. The highest BCUT2D eigenvalue weighted by atomic mass is 79.9. The Morgan fingerprint density at radius 1 is 1.41 bits per heavy atom. The second-order valence-electron chi connectivity index (χ2n) is 5.36. The summed E-state index contributed by atoms with van der Waals surface area (Å²) in [5.74, 6) is 0.0398. The summed E-state index contributed by atoms with van der Waals surface area (Å²) in [6.07, 6.45) is 4.86. The van der Waals surface area contributed by atoms with Gasteiger partial charge in [-0.15, -0.1) is 0 Å². The molecular formula is C14H15BrO2. The van der Waals surface area contributed by atoms with Gasteiger partial charge in [0.15, 0.2) is 0 Å². The van der Waals surface area contributed by atoms with Gasteiger partial charge in [0, 0.05) is 9.89 Å². The standard InChI is InChI=1S/C14H15BrO2/c15-12-7-10(3-4-11(12)9-1-2-9)14(5-6-14)8-13(16)17/h3-4,7,9H,1-2,5-6,8H2,(H,16,17). The van der Waals surface area contributed by atoms with Crippen LogP contribution in [0, 0.1) is 0 Å². The van der Waals surface area contributed by atoms with E-state index in [1.54, 1.807) is 0 Å². The lowest BCUT2D eigenvalue weighted by Gasteiger charge is -2.15. The summed E-state index contributed by atoms with van der Waals surface area (Å²) in [5.41, 5.74) is 2.51. The number of hydrogen-bond donors (Lipinski definition) is 1. The van der Waals surface area contributed by atoms with Crippen LogP contribution in [0.4, 0.5) is 0 Å². The van der Waals surface area contributed by atoms with E-state index in [1.165, 1.54) is 24.0 Å². The maximum Gasteiger partial charge on any atom is 0.304 e. The van der Waals surface area contributed by atoms with Crippen LogP contribution in [0.2, 0.25) is 0 Å². The maximum atomic E-state index is 10.9. The van der Waals surface area contributed by atoms with E-state index in [2.05, 4.69) is 34.1 Å². The molecule has 2 aliphatic carbocycles. The first-order valence-electron chi connectivity index (χ1n) is 6.12. The predicted octanol–water partition coefficient (Wildman–Crippen LogP) is 3.83. The van der Waals surface area contributed by atoms with Crippen molar-refractivity contribution in [2.45, 2.75) is 43.4 Å². The summed E-state index contributed by atoms with van der Waals surface area (Å²) in [6.45, 7) is 0. The molecule has 0 radical (unpaired) electrons. The Kier molecular flexibility index (Phi) is 2.54. The van der Waals surface area contributed by atoms with E-state index in [0.717, 1.165) is 23.2 Å². The topological polar surface area (TPSA) is 37.3 Å². The van der Waals surface area contributed by atoms with Gasteiger partial charge in [-0.3, -0.25) is 4.79 Å². The Bertz CT molecular complexity index is 473. The molecule has 0 spiro atoms. The van der Waals surface area contributed by atoms with Gasteiger partial charge >= 0.3 is 5.97 Å². The zero-order valence-corrected chi connectivity index (χ0v) is 11.2. The van der Waals surface area contributed by atoms with Crippen LogP contribution in [-0.4, -0.2) is 11.1 Å². The van der Waals surface area contributed by atoms with Gasteiger partial charge < -0.3 is 5.11 Å². The molecule has 2 fully saturated rings. The van der Waals surface area contributed by atoms with Crippen LogP contribution < -0.4 is 0 Å². The third-order valence-corrected chi connectivity index (χ3v) is 4.66. The average Bonchev–Trinajstić information content (AvgIpc) is 3.11. The quantitative estimate of drug-likeness (QED) is 0.916. The fraction of sp³-hybridized carbons (Fsp3) is 0.500. The number of carboxylic acids is 1. The molecule has 0 aromatic heterocycles. The highest BCUT2D eigenvalue weighted by molar-refractivity contribution is 9.10. The number of benzene rings is 1. The van der Waals surface area contributed by atoms with E-state index in [4.69, 9.17) is 5.11 Å². The number of carboxylic acid groups (broad SMARTS) is 1. The molecule has 17 heavy (non-hydrogen) atoms. The van der Waals surface area contributed by atoms with Crippen LogP contribution in [0.3, 0.4) is 0 Å². The minimum atomic E-state index is -0.690. The normalized spacial score (nSPS) is 21.2. The van der Waals surface area contributed by atoms with Crippen LogP contribution >= 0.6 is 15.9 Å². The third kappa shape index (κ3) is 2.13. The van der Waals surface area contributed by atoms with Crippen molar-refractivity contribution in [3.05, 3.63) is 33.8 Å². The van der Waals surface area contributed by atoms with E-state index in [9.17, 15) is 4.79 Å². The van der Waals surface area contributed by atoms with Gasteiger partial charge in [0.05, 0.1) is 6.42 Å². The zero-order valence-electron chi connectivity index (χ0n) is 9.58. The van der Waals surface area contributed by atoms with E-state index in [1.807, 2.05) is 0 Å². The van der Waals surface area contributed by atoms with Crippen molar-refractivity contribution in [1.82, 2.24) is 0 Å². The molecule has 0 unspecified atom stereocenters. The lowest BCUT2D eigenvalue weighted by atomic mass is 9.91. The first-order chi connectivity index (χ1) is 8.11. The molecule has 2 aliphatic rings. The van der Waals surface area contributed by atoms with Crippen molar-refractivity contribution in [1.29, 1.82) is 0 Å². The van der Waals surface area contributed by atoms with Crippen molar-refractivity contribution < 1.29 is 9.90 Å². The van der Waals surface area contributed by atoms with Gasteiger partial charge in [-0.1, -0.05) is 28.1 Å². The molecule has 0 atom stereocenters. The fourth-order valence-electron chi connectivity index (χ4n) is 2.59. The number of hydrogen-bond acceptors (Lipinski definition) is 1. The highest BCUT2D eigenvalue weighted by Gasteiger charge is 2.46. The Hall–Kier alpha value is -0.830. The monoisotopic (exact) mass is 294 g/mol. The lowest BCUT2D eigenvalue weighted by Crippen LogP contribution is -2.13. The molecule has 2 nitrogen and oxygen atoms in total. The smallest absolute Gasteiger partial charge is 0.304 e. The molecule has 0 amide bonds. The predicted molar refractivity (Wildman–Crippen MR) is 69.3 cm³/mol. The molecule has 90 valence electrons. The Morgan fingerprint density at radius 3 is 2.59 bits per heavy atom. The van der Waals surface area contributed by atoms with Crippen molar-refractivity contribution in [2.24, 2.45) is 0 Å². The summed E-state index contributed by atoms with van der Waals surface area (Å²) in [5, 5.41) is 8.96. The molecule has 0 heterocycles. The lowest BCUT2D eigenvalue weighted by molar-refractivity contribution is -0.137. The number of carbonyl (C=O) groups is 1. The van der Waals surface area contributed by atoms with Crippen molar-refractivity contribution in [3.63, 3.8) is 0 Å². The van der Waals surface area contributed by atoms with Crippen LogP contribution in [0.1, 0.15) is 49.1 Å². The molecule has 1 N–H and O–H groups in total. The molecule has 2 saturated carbocycles. The number of aliphatic carboxylic acids is 1. The van der Waals surface area contributed by atoms with Gasteiger partial charge in [0.25, 0.3) is 0 Å². The minimum absolute atomic E-state index is 0.0730. The van der Waals surface area contributed by atoms with E-state index in [-0.39, 0.29) is 11.8 Å². The van der Waals surface area contributed by atoms with Crippen molar-refractivity contribution >= 4 is 21.9 Å². The first-order valence-corrected chi connectivity index (χ1v) is 6.92. The van der Waals surface area contributed by atoms with Crippen LogP contribution in [-0.2, 0) is 10.2 Å². The van der Waals surface area contributed by atoms with Gasteiger partial charge in [0.2, 0.25) is 0 Å². The highest BCUT2D eigenvalue weighted by Crippen LogP contribution is 2.52. The van der Waals surface area contributed by atoms with Crippen LogP contribution in [0.5, 0.6) is 0 Å².